The number of hydrogen-bond donors (Lipinski definition) is 2. The van der Waals surface area contributed by atoms with Crippen molar-refractivity contribution in [3.8, 4) is 5.75 Å². The third-order valence-corrected chi connectivity index (χ3v) is 5.74. The lowest BCUT2D eigenvalue weighted by Crippen LogP contribution is -2.52. The molecule has 0 saturated carbocycles. The largest absolute Gasteiger partial charge is 0.474 e. The van der Waals surface area contributed by atoms with Crippen LogP contribution in [0.25, 0.3) is 0 Å². The average Bonchev–Trinajstić information content (AvgIpc) is 2.76. The maximum absolute atomic E-state index is 11.1. The molecule has 0 radical (unpaired) electrons. The summed E-state index contributed by atoms with van der Waals surface area (Å²) in [6.07, 6.45) is -0.0779. The summed E-state index contributed by atoms with van der Waals surface area (Å²) in [4.78, 5) is 2.29. The van der Waals surface area contributed by atoms with Gasteiger partial charge >= 0.3 is 10.3 Å². The van der Waals surface area contributed by atoms with Gasteiger partial charge in [-0.2, -0.15) is 13.1 Å². The molecule has 1 saturated heterocycles. The van der Waals surface area contributed by atoms with Gasteiger partial charge in [0.2, 0.25) is 0 Å². The monoisotopic (exact) mass is 370 g/mol. The minimum atomic E-state index is -4.26. The molecule has 8 heteroatoms. The molecule has 1 aromatic carbocycles. The van der Waals surface area contributed by atoms with Crippen LogP contribution >= 0.6 is 0 Å². The quantitative estimate of drug-likeness (QED) is 0.786. The van der Waals surface area contributed by atoms with Crippen molar-refractivity contribution in [2.24, 2.45) is 0 Å². The van der Waals surface area contributed by atoms with Crippen molar-refractivity contribution in [2.75, 3.05) is 26.3 Å². The van der Waals surface area contributed by atoms with Crippen LogP contribution in [0.1, 0.15) is 43.5 Å². The second kappa shape index (κ2) is 6.51. The van der Waals surface area contributed by atoms with E-state index in [0.29, 0.717) is 13.2 Å². The highest BCUT2D eigenvalue weighted by Crippen LogP contribution is 2.46. The molecule has 0 aliphatic carbocycles. The lowest BCUT2D eigenvalue weighted by Gasteiger charge is -2.38. The Morgan fingerprint density at radius 3 is 2.56 bits per heavy atom. The van der Waals surface area contributed by atoms with Crippen molar-refractivity contribution in [3.05, 3.63) is 28.8 Å². The van der Waals surface area contributed by atoms with Crippen LogP contribution < -0.4 is 9.46 Å². The molecule has 1 fully saturated rings. The van der Waals surface area contributed by atoms with Crippen LogP contribution in [0.4, 0.5) is 0 Å². The number of morpholine rings is 1. The number of benzene rings is 1. The lowest BCUT2D eigenvalue weighted by molar-refractivity contribution is -0.0612. The number of nitrogens with zero attached hydrogens (tertiary/aromatic N) is 1. The van der Waals surface area contributed by atoms with E-state index in [4.69, 9.17) is 14.0 Å². The van der Waals surface area contributed by atoms with Crippen LogP contribution in [-0.4, -0.2) is 50.4 Å². The fraction of sp³-hybridized carbons (Fsp3) is 0.647. The van der Waals surface area contributed by atoms with Crippen LogP contribution in [0.2, 0.25) is 0 Å². The van der Waals surface area contributed by atoms with E-state index in [1.165, 1.54) is 0 Å². The number of fused-ring (bicyclic) bond motifs is 1. The first-order valence-corrected chi connectivity index (χ1v) is 9.92. The minimum absolute atomic E-state index is 0.0779. The Bertz CT molecular complexity index is 757. The van der Waals surface area contributed by atoms with Crippen molar-refractivity contribution in [3.63, 3.8) is 0 Å². The fourth-order valence-electron chi connectivity index (χ4n) is 3.80. The Balaban J connectivity index is 1.93. The van der Waals surface area contributed by atoms with E-state index in [1.54, 1.807) is 6.92 Å². The lowest BCUT2D eigenvalue weighted by atomic mass is 9.81. The molecule has 2 aliphatic heterocycles. The molecule has 7 nitrogen and oxygen atoms in total. The molecule has 1 aromatic rings. The molecular formula is C17H26N2O5S. The van der Waals surface area contributed by atoms with Crippen molar-refractivity contribution in [1.82, 2.24) is 9.62 Å². The molecule has 2 N–H and O–H groups in total. The Labute approximate surface area is 149 Å². The smallest absolute Gasteiger partial charge is 0.333 e. The van der Waals surface area contributed by atoms with Gasteiger partial charge in [-0.25, -0.2) is 0 Å². The van der Waals surface area contributed by atoms with Gasteiger partial charge < -0.3 is 9.47 Å². The summed E-state index contributed by atoms with van der Waals surface area (Å²) in [6.45, 7) is 11.0. The van der Waals surface area contributed by atoms with Gasteiger partial charge in [-0.05, 0) is 37.1 Å². The van der Waals surface area contributed by atoms with E-state index in [1.807, 2.05) is 19.1 Å². The number of ether oxygens (including phenoxy) is 2. The van der Waals surface area contributed by atoms with E-state index in [9.17, 15) is 8.42 Å². The first kappa shape index (κ1) is 18.6. The van der Waals surface area contributed by atoms with Crippen molar-refractivity contribution >= 4 is 10.3 Å². The first-order valence-electron chi connectivity index (χ1n) is 8.48. The third-order valence-electron chi connectivity index (χ3n) is 5.09. The summed E-state index contributed by atoms with van der Waals surface area (Å²) in [5.74, 6) is 0.835. The zero-order valence-electron chi connectivity index (χ0n) is 15.1. The average molecular weight is 370 g/mol. The number of rotatable bonds is 4. The zero-order valence-corrected chi connectivity index (χ0v) is 15.9. The second-order valence-corrected chi connectivity index (χ2v) is 8.55. The normalized spacial score (nSPS) is 24.6. The summed E-state index contributed by atoms with van der Waals surface area (Å²) in [5.41, 5.74) is 2.55. The molecule has 0 aromatic heterocycles. The molecule has 2 aliphatic rings. The van der Waals surface area contributed by atoms with E-state index >= 15 is 0 Å². The summed E-state index contributed by atoms with van der Waals surface area (Å²) >= 11 is 0. The molecule has 25 heavy (non-hydrogen) atoms. The third kappa shape index (κ3) is 3.68. The van der Waals surface area contributed by atoms with Crippen LogP contribution in [0.15, 0.2) is 12.1 Å². The highest BCUT2D eigenvalue weighted by molar-refractivity contribution is 7.83. The summed E-state index contributed by atoms with van der Waals surface area (Å²) in [7, 11) is -4.26. The predicted octanol–water partition coefficient (Wildman–Crippen LogP) is 1.78. The molecule has 0 amide bonds. The molecule has 0 bridgehead atoms. The van der Waals surface area contributed by atoms with Crippen LogP contribution in [0.5, 0.6) is 5.75 Å². The predicted molar refractivity (Wildman–Crippen MR) is 94.1 cm³/mol. The molecule has 2 unspecified atom stereocenters. The van der Waals surface area contributed by atoms with Crippen molar-refractivity contribution in [2.45, 2.75) is 45.4 Å². The van der Waals surface area contributed by atoms with E-state index in [0.717, 1.165) is 35.5 Å². The maximum atomic E-state index is 11.1. The van der Waals surface area contributed by atoms with E-state index in [-0.39, 0.29) is 11.6 Å². The minimum Gasteiger partial charge on any atom is -0.474 e. The van der Waals surface area contributed by atoms with Crippen molar-refractivity contribution < 1.29 is 22.4 Å². The Hall–Kier alpha value is -1.19. The highest BCUT2D eigenvalue weighted by Gasteiger charge is 2.45. The summed E-state index contributed by atoms with van der Waals surface area (Å²) < 4.78 is 45.3. The van der Waals surface area contributed by atoms with Gasteiger partial charge in [0.15, 0.2) is 6.23 Å². The SMILES string of the molecule is Cc1cc2c(cc1C(C)NS(=O)(=O)O)C(C)(C)C(N1CCOCC1)O2. The highest BCUT2D eigenvalue weighted by atomic mass is 32.2. The number of hydrogen-bond acceptors (Lipinski definition) is 5. The summed E-state index contributed by atoms with van der Waals surface area (Å²) in [5, 5.41) is 0. The van der Waals surface area contributed by atoms with Gasteiger partial charge in [0, 0.05) is 30.1 Å². The van der Waals surface area contributed by atoms with Crippen LogP contribution in [0.3, 0.4) is 0 Å². The number of nitrogens with one attached hydrogen (secondary N) is 1. The van der Waals surface area contributed by atoms with Crippen LogP contribution in [-0.2, 0) is 20.5 Å². The van der Waals surface area contributed by atoms with Crippen LogP contribution in [0, 0.1) is 6.92 Å². The topological polar surface area (TPSA) is 88.1 Å². The molecule has 140 valence electrons. The second-order valence-electron chi connectivity index (χ2n) is 7.36. The Morgan fingerprint density at radius 1 is 1.32 bits per heavy atom. The van der Waals surface area contributed by atoms with E-state index in [2.05, 4.69) is 23.5 Å². The standard InChI is InChI=1S/C17H26N2O5S/c1-11-9-15-14(10-13(11)12(2)18-25(20,21)22)17(3,4)16(24-15)19-5-7-23-8-6-19/h9-10,12,16,18H,5-8H2,1-4H3,(H,20,21,22). The van der Waals surface area contributed by atoms with Crippen molar-refractivity contribution in [1.29, 1.82) is 0 Å². The maximum Gasteiger partial charge on any atom is 0.333 e. The van der Waals surface area contributed by atoms with Gasteiger partial charge in [0.1, 0.15) is 5.75 Å². The fourth-order valence-corrected chi connectivity index (χ4v) is 4.37. The molecular weight excluding hydrogens is 344 g/mol. The molecule has 2 atom stereocenters. The Morgan fingerprint density at radius 2 is 1.96 bits per heavy atom. The number of aryl methyl sites for hydroxylation is 1. The Kier molecular flexibility index (Phi) is 4.85. The van der Waals surface area contributed by atoms with Gasteiger partial charge in [0.25, 0.3) is 0 Å². The van der Waals surface area contributed by atoms with Gasteiger partial charge in [-0.1, -0.05) is 13.8 Å². The molecule has 3 rings (SSSR count). The van der Waals surface area contributed by atoms with E-state index < -0.39 is 16.3 Å². The summed E-state index contributed by atoms with van der Waals surface area (Å²) in [6, 6.07) is 3.42. The molecule has 2 heterocycles. The first-order chi connectivity index (χ1) is 11.6. The van der Waals surface area contributed by atoms with Gasteiger partial charge in [0.05, 0.1) is 13.2 Å². The zero-order chi connectivity index (χ0) is 18.4. The molecule has 0 spiro atoms. The van der Waals surface area contributed by atoms with Gasteiger partial charge in [-0.3, -0.25) is 9.45 Å². The van der Waals surface area contributed by atoms with Gasteiger partial charge in [-0.15, -0.1) is 0 Å².